The summed E-state index contributed by atoms with van der Waals surface area (Å²) in [6.07, 6.45) is 0. The Morgan fingerprint density at radius 2 is 1.74 bits per heavy atom. The first-order valence-electron chi connectivity index (χ1n) is 10.9. The number of esters is 1. The van der Waals surface area contributed by atoms with Crippen molar-refractivity contribution in [2.45, 2.75) is 19.5 Å². The second-order valence-corrected chi connectivity index (χ2v) is 7.93. The van der Waals surface area contributed by atoms with Gasteiger partial charge in [-0.15, -0.1) is 0 Å². The fourth-order valence-corrected chi connectivity index (χ4v) is 4.21. The van der Waals surface area contributed by atoms with Crippen LogP contribution in [-0.2, 0) is 20.9 Å². The quantitative estimate of drug-likeness (QED) is 0.553. The molecule has 0 bridgehead atoms. The van der Waals surface area contributed by atoms with E-state index in [0.29, 0.717) is 5.96 Å². The number of benzene rings is 2. The van der Waals surface area contributed by atoms with Gasteiger partial charge >= 0.3 is 5.97 Å². The summed E-state index contributed by atoms with van der Waals surface area (Å²) < 4.78 is 5.17. The van der Waals surface area contributed by atoms with Crippen molar-refractivity contribution in [2.75, 3.05) is 32.8 Å². The summed E-state index contributed by atoms with van der Waals surface area (Å²) in [6.45, 7) is 6.47. The number of guanidine groups is 1. The Balaban J connectivity index is 1.49. The standard InChI is InChI=1S/C24H28N4O3/c1-2-31-23(30)20-21(19-11-7-4-8-12-19)25-24(26-22(20)29)28-15-13-27(14-16-28)17-18-9-5-3-6-10-18/h3-12,20-21H,2,13-17H2,1H3,(H,25,26,29)/p+1/t20-,21-/m0/s1. The van der Waals surface area contributed by atoms with E-state index in [1.807, 2.05) is 36.4 Å². The Morgan fingerprint density at radius 3 is 2.39 bits per heavy atom. The van der Waals surface area contributed by atoms with Crippen LogP contribution in [0.25, 0.3) is 0 Å². The summed E-state index contributed by atoms with van der Waals surface area (Å²) in [5.41, 5.74) is 2.16. The van der Waals surface area contributed by atoms with Crippen molar-refractivity contribution >= 4 is 17.8 Å². The summed E-state index contributed by atoms with van der Waals surface area (Å²) in [5, 5.41) is 2.87. The molecular weight excluding hydrogens is 392 g/mol. The fraction of sp³-hybridized carbons (Fsp3) is 0.375. The average molecular weight is 422 g/mol. The van der Waals surface area contributed by atoms with E-state index in [4.69, 9.17) is 9.73 Å². The van der Waals surface area contributed by atoms with E-state index < -0.39 is 17.9 Å². The van der Waals surface area contributed by atoms with Crippen molar-refractivity contribution in [3.05, 3.63) is 71.8 Å². The lowest BCUT2D eigenvalue weighted by Crippen LogP contribution is -3.13. The highest BCUT2D eigenvalue weighted by Gasteiger charge is 2.42. The predicted molar refractivity (Wildman–Crippen MR) is 117 cm³/mol. The number of rotatable bonds is 5. The van der Waals surface area contributed by atoms with Crippen molar-refractivity contribution in [3.8, 4) is 0 Å². The number of quaternary nitrogens is 1. The third-order valence-corrected chi connectivity index (χ3v) is 5.84. The van der Waals surface area contributed by atoms with Gasteiger partial charge in [-0.2, -0.15) is 0 Å². The first kappa shape index (κ1) is 21.1. The van der Waals surface area contributed by atoms with Crippen LogP contribution in [0.3, 0.4) is 0 Å². The molecule has 7 heteroatoms. The number of amides is 1. The Hall–Kier alpha value is -3.19. The van der Waals surface area contributed by atoms with E-state index >= 15 is 0 Å². The lowest BCUT2D eigenvalue weighted by molar-refractivity contribution is -0.917. The van der Waals surface area contributed by atoms with E-state index in [9.17, 15) is 9.59 Å². The number of ether oxygens (including phenoxy) is 1. The second kappa shape index (κ2) is 9.75. The monoisotopic (exact) mass is 421 g/mol. The first-order valence-corrected chi connectivity index (χ1v) is 10.9. The van der Waals surface area contributed by atoms with Crippen LogP contribution in [0.5, 0.6) is 0 Å². The molecule has 2 N–H and O–H groups in total. The van der Waals surface area contributed by atoms with Crippen molar-refractivity contribution < 1.29 is 19.2 Å². The lowest BCUT2D eigenvalue weighted by Gasteiger charge is -2.37. The molecule has 4 rings (SSSR count). The van der Waals surface area contributed by atoms with Gasteiger partial charge in [-0.05, 0) is 12.5 Å². The average Bonchev–Trinajstić information content (AvgIpc) is 2.80. The number of carbonyl (C=O) groups is 2. The van der Waals surface area contributed by atoms with Gasteiger partial charge in [0.15, 0.2) is 5.92 Å². The Labute approximate surface area is 182 Å². The molecule has 2 atom stereocenters. The van der Waals surface area contributed by atoms with E-state index in [0.717, 1.165) is 38.3 Å². The third kappa shape index (κ3) is 4.94. The van der Waals surface area contributed by atoms with Crippen LogP contribution in [0.4, 0.5) is 0 Å². The fourth-order valence-electron chi connectivity index (χ4n) is 4.21. The highest BCUT2D eigenvalue weighted by atomic mass is 16.5. The Morgan fingerprint density at radius 1 is 1.10 bits per heavy atom. The van der Waals surface area contributed by atoms with Gasteiger partial charge in [-0.3, -0.25) is 14.9 Å². The number of nitrogens with zero attached hydrogens (tertiary/aromatic N) is 2. The van der Waals surface area contributed by atoms with Gasteiger partial charge in [0.2, 0.25) is 11.9 Å². The molecule has 0 aliphatic carbocycles. The van der Waals surface area contributed by atoms with Crippen molar-refractivity contribution in [1.82, 2.24) is 10.2 Å². The van der Waals surface area contributed by atoms with Gasteiger partial charge in [0, 0.05) is 5.56 Å². The van der Waals surface area contributed by atoms with E-state index in [1.54, 1.807) is 6.92 Å². The lowest BCUT2D eigenvalue weighted by atomic mass is 9.91. The SMILES string of the molecule is CCOC(=O)[C@@H]1C(=O)NC(N2CC[NH+](Cc3ccccc3)CC2)=N[C@H]1c1ccccc1. The topological polar surface area (TPSA) is 75.4 Å². The first-order chi connectivity index (χ1) is 15.2. The zero-order valence-corrected chi connectivity index (χ0v) is 17.8. The summed E-state index contributed by atoms with van der Waals surface area (Å²) >= 11 is 0. The minimum Gasteiger partial charge on any atom is -0.465 e. The minimum atomic E-state index is -0.976. The molecule has 2 aromatic rings. The Kier molecular flexibility index (Phi) is 6.62. The molecule has 2 aliphatic rings. The van der Waals surface area contributed by atoms with Crippen LogP contribution >= 0.6 is 0 Å². The normalized spacial score (nSPS) is 21.9. The van der Waals surface area contributed by atoms with Gasteiger partial charge in [0.25, 0.3) is 0 Å². The molecule has 0 aromatic heterocycles. The summed E-state index contributed by atoms with van der Waals surface area (Å²) in [5.74, 6) is -1.31. The van der Waals surface area contributed by atoms with Gasteiger partial charge in [-0.1, -0.05) is 60.7 Å². The van der Waals surface area contributed by atoms with Crippen molar-refractivity contribution in [2.24, 2.45) is 10.9 Å². The zero-order chi connectivity index (χ0) is 21.6. The molecule has 31 heavy (non-hydrogen) atoms. The van der Waals surface area contributed by atoms with Crippen molar-refractivity contribution in [1.29, 1.82) is 0 Å². The van der Waals surface area contributed by atoms with Crippen molar-refractivity contribution in [3.63, 3.8) is 0 Å². The minimum absolute atomic E-state index is 0.229. The molecule has 2 aromatic carbocycles. The van der Waals surface area contributed by atoms with E-state index in [-0.39, 0.29) is 12.5 Å². The number of nitrogens with one attached hydrogen (secondary N) is 2. The maximum absolute atomic E-state index is 12.9. The highest BCUT2D eigenvalue weighted by Crippen LogP contribution is 2.30. The van der Waals surface area contributed by atoms with Gasteiger partial charge < -0.3 is 14.5 Å². The molecule has 0 spiro atoms. The largest absolute Gasteiger partial charge is 0.465 e. The number of carbonyl (C=O) groups excluding carboxylic acids is 2. The van der Waals surface area contributed by atoms with Gasteiger partial charge in [-0.25, -0.2) is 4.99 Å². The smallest absolute Gasteiger partial charge is 0.321 e. The maximum Gasteiger partial charge on any atom is 0.321 e. The van der Waals surface area contributed by atoms with Crippen LogP contribution in [0.15, 0.2) is 65.7 Å². The summed E-state index contributed by atoms with van der Waals surface area (Å²) in [7, 11) is 0. The predicted octanol–water partition coefficient (Wildman–Crippen LogP) is 0.794. The molecule has 2 heterocycles. The summed E-state index contributed by atoms with van der Waals surface area (Å²) in [4.78, 5) is 33.9. The van der Waals surface area contributed by atoms with Crippen LogP contribution in [-0.4, -0.2) is 55.5 Å². The molecule has 162 valence electrons. The zero-order valence-electron chi connectivity index (χ0n) is 17.8. The summed E-state index contributed by atoms with van der Waals surface area (Å²) in [6, 6.07) is 19.4. The molecule has 0 saturated carbocycles. The third-order valence-electron chi connectivity index (χ3n) is 5.84. The molecule has 2 aliphatic heterocycles. The van der Waals surface area contributed by atoms with Gasteiger partial charge in [0.05, 0.1) is 32.8 Å². The molecule has 0 radical (unpaired) electrons. The van der Waals surface area contributed by atoms with Crippen LogP contribution in [0, 0.1) is 5.92 Å². The second-order valence-electron chi connectivity index (χ2n) is 7.93. The van der Waals surface area contributed by atoms with E-state index in [2.05, 4.69) is 34.5 Å². The highest BCUT2D eigenvalue weighted by molar-refractivity contribution is 6.08. The maximum atomic E-state index is 12.9. The van der Waals surface area contributed by atoms with Crippen LogP contribution in [0.2, 0.25) is 0 Å². The van der Waals surface area contributed by atoms with E-state index in [1.165, 1.54) is 10.5 Å². The van der Waals surface area contributed by atoms with Crippen LogP contribution < -0.4 is 10.2 Å². The molecule has 1 saturated heterocycles. The molecule has 1 amide bonds. The van der Waals surface area contributed by atoms with Crippen LogP contribution in [0.1, 0.15) is 24.1 Å². The Bertz CT molecular complexity index is 924. The number of hydrogen-bond acceptors (Lipinski definition) is 5. The number of hydrogen-bond donors (Lipinski definition) is 2. The van der Waals surface area contributed by atoms with Gasteiger partial charge in [0.1, 0.15) is 12.6 Å². The number of piperazine rings is 1. The molecule has 7 nitrogen and oxygen atoms in total. The molecule has 1 fully saturated rings. The number of aliphatic imine (C=N–C) groups is 1. The molecule has 0 unspecified atom stereocenters. The molecular formula is C24H29N4O3+.